The Kier molecular flexibility index (Phi) is 6.54. The van der Waals surface area contributed by atoms with E-state index in [9.17, 15) is 9.59 Å². The minimum absolute atomic E-state index is 0.0601. The summed E-state index contributed by atoms with van der Waals surface area (Å²) in [6.07, 6.45) is 7.88. The van der Waals surface area contributed by atoms with Gasteiger partial charge in [0.1, 0.15) is 0 Å². The molecule has 1 fully saturated rings. The number of pyridine rings is 1. The maximum Gasteiger partial charge on any atom is 0.256 e. The first-order valence-corrected chi connectivity index (χ1v) is 11.5. The lowest BCUT2D eigenvalue weighted by Gasteiger charge is -2.33. The molecule has 0 spiro atoms. The number of rotatable bonds is 6. The van der Waals surface area contributed by atoms with Crippen LogP contribution >= 0.6 is 0 Å². The van der Waals surface area contributed by atoms with E-state index in [4.69, 9.17) is 0 Å². The number of aromatic nitrogens is 1. The van der Waals surface area contributed by atoms with Crippen LogP contribution in [0.5, 0.6) is 0 Å². The van der Waals surface area contributed by atoms with Crippen LogP contribution in [0.25, 0.3) is 10.9 Å². The van der Waals surface area contributed by atoms with Crippen LogP contribution in [0, 0.1) is 5.41 Å². The fourth-order valence-corrected chi connectivity index (χ4v) is 4.58. The fourth-order valence-electron chi connectivity index (χ4n) is 4.58. The Bertz CT molecular complexity index is 1100. The number of carbonyl (C=O) groups is 2. The Hall–Kier alpha value is -3.21. The molecule has 166 valence electrons. The van der Waals surface area contributed by atoms with Gasteiger partial charge in [-0.1, -0.05) is 56.5 Å². The molecule has 1 heterocycles. The van der Waals surface area contributed by atoms with Gasteiger partial charge in [-0.25, -0.2) is 0 Å². The van der Waals surface area contributed by atoms with E-state index in [2.05, 4.69) is 22.5 Å². The van der Waals surface area contributed by atoms with E-state index in [0.29, 0.717) is 5.56 Å². The van der Waals surface area contributed by atoms with Crippen molar-refractivity contribution in [1.29, 1.82) is 0 Å². The predicted octanol–water partition coefficient (Wildman–Crippen LogP) is 5.50. The van der Waals surface area contributed by atoms with Crippen LogP contribution in [-0.4, -0.2) is 22.8 Å². The van der Waals surface area contributed by atoms with Gasteiger partial charge >= 0.3 is 0 Å². The zero-order chi connectivity index (χ0) is 22.6. The molecule has 0 bridgehead atoms. The highest BCUT2D eigenvalue weighted by Gasteiger charge is 2.34. The van der Waals surface area contributed by atoms with Crippen LogP contribution in [0.3, 0.4) is 0 Å². The minimum Gasteiger partial charge on any atom is -0.353 e. The van der Waals surface area contributed by atoms with Crippen LogP contribution in [0.2, 0.25) is 0 Å². The molecule has 1 aromatic heterocycles. The van der Waals surface area contributed by atoms with Crippen molar-refractivity contribution in [3.8, 4) is 0 Å². The van der Waals surface area contributed by atoms with Crippen molar-refractivity contribution >= 4 is 28.4 Å². The lowest BCUT2D eigenvalue weighted by atomic mass is 9.75. The van der Waals surface area contributed by atoms with Crippen LogP contribution in [0.4, 0.5) is 5.69 Å². The summed E-state index contributed by atoms with van der Waals surface area (Å²) < 4.78 is 0. The molecule has 4 rings (SSSR count). The number of benzene rings is 2. The molecule has 0 saturated heterocycles. The molecule has 32 heavy (non-hydrogen) atoms. The van der Waals surface area contributed by atoms with Crippen molar-refractivity contribution in [2.75, 3.05) is 5.32 Å². The summed E-state index contributed by atoms with van der Waals surface area (Å²) in [6.45, 7) is 4.14. The van der Waals surface area contributed by atoms with Gasteiger partial charge in [-0.05, 0) is 56.0 Å². The van der Waals surface area contributed by atoms with E-state index in [0.717, 1.165) is 54.3 Å². The molecule has 1 atom stereocenters. The van der Waals surface area contributed by atoms with Crippen LogP contribution in [0.15, 0.2) is 60.8 Å². The Labute approximate surface area is 189 Å². The summed E-state index contributed by atoms with van der Waals surface area (Å²) >= 11 is 0. The van der Waals surface area contributed by atoms with E-state index >= 15 is 0 Å². The molecule has 5 nitrogen and oxygen atoms in total. The second-order valence-corrected chi connectivity index (χ2v) is 9.23. The highest BCUT2D eigenvalue weighted by Crippen LogP contribution is 2.36. The van der Waals surface area contributed by atoms with Gasteiger partial charge in [0.25, 0.3) is 5.91 Å². The zero-order valence-corrected chi connectivity index (χ0v) is 18.9. The number of nitrogens with zero attached hydrogens (tertiary/aromatic N) is 1. The Morgan fingerprint density at radius 1 is 1.00 bits per heavy atom. The van der Waals surface area contributed by atoms with E-state index in [1.807, 2.05) is 55.5 Å². The van der Waals surface area contributed by atoms with Crippen molar-refractivity contribution in [2.24, 2.45) is 5.41 Å². The minimum atomic E-state index is -0.224. The molecule has 2 aromatic carbocycles. The lowest BCUT2D eigenvalue weighted by Crippen LogP contribution is -2.44. The van der Waals surface area contributed by atoms with Crippen molar-refractivity contribution in [3.05, 3.63) is 71.9 Å². The highest BCUT2D eigenvalue weighted by molar-refractivity contribution is 6.12. The number of anilines is 1. The maximum absolute atomic E-state index is 12.8. The number of carbonyl (C=O) groups excluding carboxylic acids is 2. The number of hydrogen-bond acceptors (Lipinski definition) is 3. The molecule has 2 amide bonds. The third kappa shape index (κ3) is 4.98. The normalized spacial score (nSPS) is 16.3. The summed E-state index contributed by atoms with van der Waals surface area (Å²) in [5.74, 6) is 0.0240. The van der Waals surface area contributed by atoms with Gasteiger partial charge in [-0.15, -0.1) is 0 Å². The van der Waals surface area contributed by atoms with Crippen LogP contribution < -0.4 is 10.6 Å². The second kappa shape index (κ2) is 9.51. The van der Waals surface area contributed by atoms with Gasteiger partial charge in [0.05, 0.1) is 11.1 Å². The monoisotopic (exact) mass is 429 g/mol. The molecule has 1 saturated carbocycles. The summed E-state index contributed by atoms with van der Waals surface area (Å²) in [5.41, 5.74) is 3.04. The molecule has 5 heteroatoms. The van der Waals surface area contributed by atoms with E-state index in [1.54, 1.807) is 12.3 Å². The molecule has 3 aromatic rings. The topological polar surface area (TPSA) is 71.1 Å². The van der Waals surface area contributed by atoms with Crippen molar-refractivity contribution in [1.82, 2.24) is 10.3 Å². The molecule has 0 radical (unpaired) electrons. The Morgan fingerprint density at radius 3 is 2.47 bits per heavy atom. The molecule has 0 unspecified atom stereocenters. The quantitative estimate of drug-likeness (QED) is 0.543. The standard InChI is InChI=1S/C27H31N3O2/c1-19(29-26(32)27(2)15-6-3-7-16-27)18-20-10-12-21(13-11-20)30-25(31)23-14-17-28-24-9-5-4-8-22(23)24/h4-5,8-14,17,19H,3,6-7,15-16,18H2,1-2H3,(H,29,32)(H,30,31)/t19-/m1/s1. The summed E-state index contributed by atoms with van der Waals surface area (Å²) in [5, 5.41) is 7.02. The van der Waals surface area contributed by atoms with Gasteiger partial charge in [-0.2, -0.15) is 0 Å². The Balaban J connectivity index is 1.35. The molecular formula is C27H31N3O2. The summed E-state index contributed by atoms with van der Waals surface area (Å²) in [6, 6.07) is 17.3. The lowest BCUT2D eigenvalue weighted by molar-refractivity contribution is -0.132. The van der Waals surface area contributed by atoms with E-state index in [-0.39, 0.29) is 23.3 Å². The SMILES string of the molecule is C[C@H](Cc1ccc(NC(=O)c2ccnc3ccccc23)cc1)NC(=O)C1(C)CCCCC1. The average molecular weight is 430 g/mol. The molecule has 0 aliphatic heterocycles. The van der Waals surface area contributed by atoms with Gasteiger partial charge in [-0.3, -0.25) is 14.6 Å². The number of hydrogen-bond donors (Lipinski definition) is 2. The summed E-state index contributed by atoms with van der Waals surface area (Å²) in [4.78, 5) is 29.9. The smallest absolute Gasteiger partial charge is 0.256 e. The third-order valence-corrected chi connectivity index (χ3v) is 6.53. The second-order valence-electron chi connectivity index (χ2n) is 9.23. The van der Waals surface area contributed by atoms with Crippen molar-refractivity contribution < 1.29 is 9.59 Å². The number of fused-ring (bicyclic) bond motifs is 1. The van der Waals surface area contributed by atoms with Gasteiger partial charge in [0.2, 0.25) is 5.91 Å². The summed E-state index contributed by atoms with van der Waals surface area (Å²) in [7, 11) is 0. The van der Waals surface area contributed by atoms with Crippen molar-refractivity contribution in [2.45, 2.75) is 58.4 Å². The number of nitrogens with one attached hydrogen (secondary N) is 2. The number of amides is 2. The van der Waals surface area contributed by atoms with Gasteiger partial charge in [0, 0.05) is 28.7 Å². The van der Waals surface area contributed by atoms with Crippen molar-refractivity contribution in [3.63, 3.8) is 0 Å². The third-order valence-electron chi connectivity index (χ3n) is 6.53. The average Bonchev–Trinajstić information content (AvgIpc) is 2.80. The first kappa shape index (κ1) is 22.0. The first-order chi connectivity index (χ1) is 15.4. The van der Waals surface area contributed by atoms with Crippen LogP contribution in [-0.2, 0) is 11.2 Å². The fraction of sp³-hybridized carbons (Fsp3) is 0.370. The van der Waals surface area contributed by atoms with Gasteiger partial charge in [0.15, 0.2) is 0 Å². The van der Waals surface area contributed by atoms with E-state index in [1.165, 1.54) is 6.42 Å². The Morgan fingerprint density at radius 2 is 1.72 bits per heavy atom. The number of para-hydroxylation sites is 1. The molecule has 1 aliphatic rings. The highest BCUT2D eigenvalue weighted by atomic mass is 16.2. The van der Waals surface area contributed by atoms with Crippen LogP contribution in [0.1, 0.15) is 61.9 Å². The largest absolute Gasteiger partial charge is 0.353 e. The predicted molar refractivity (Wildman–Crippen MR) is 129 cm³/mol. The molecule has 2 N–H and O–H groups in total. The molecule has 1 aliphatic carbocycles. The zero-order valence-electron chi connectivity index (χ0n) is 18.9. The molecular weight excluding hydrogens is 398 g/mol. The first-order valence-electron chi connectivity index (χ1n) is 11.5. The maximum atomic E-state index is 12.8. The van der Waals surface area contributed by atoms with E-state index < -0.39 is 0 Å². The van der Waals surface area contributed by atoms with Gasteiger partial charge < -0.3 is 10.6 Å².